The number of carbonyl (C=O) groups is 2. The summed E-state index contributed by atoms with van der Waals surface area (Å²) in [5, 5.41) is 3.22. The lowest BCUT2D eigenvalue weighted by Crippen LogP contribution is -2.55. The van der Waals surface area contributed by atoms with Crippen molar-refractivity contribution in [3.05, 3.63) is 94.5 Å². The first-order chi connectivity index (χ1) is 20.6. The molecule has 8 nitrogen and oxygen atoms in total. The van der Waals surface area contributed by atoms with Gasteiger partial charge in [-0.05, 0) is 67.3 Å². The molecule has 1 aliphatic carbocycles. The van der Waals surface area contributed by atoms with Gasteiger partial charge in [-0.15, -0.1) is 0 Å². The highest BCUT2D eigenvalue weighted by Crippen LogP contribution is 2.24. The smallest absolute Gasteiger partial charge is 0.244 e. The van der Waals surface area contributed by atoms with E-state index in [1.54, 1.807) is 24.3 Å². The Kier molecular flexibility index (Phi) is 11.6. The fourth-order valence-electron chi connectivity index (χ4n) is 5.37. The molecule has 0 saturated heterocycles. The molecule has 1 fully saturated rings. The summed E-state index contributed by atoms with van der Waals surface area (Å²) in [6.45, 7) is 2.03. The zero-order valence-electron chi connectivity index (χ0n) is 24.7. The lowest BCUT2D eigenvalue weighted by atomic mass is 9.94. The summed E-state index contributed by atoms with van der Waals surface area (Å²) in [7, 11) is -3.84. The van der Waals surface area contributed by atoms with E-state index in [9.17, 15) is 18.0 Å². The second kappa shape index (κ2) is 15.4. The maximum Gasteiger partial charge on any atom is 0.244 e. The molecule has 1 N–H and O–H groups in total. The third-order valence-corrected chi connectivity index (χ3v) is 9.27. The first-order valence-electron chi connectivity index (χ1n) is 14.7. The van der Waals surface area contributed by atoms with Crippen LogP contribution >= 0.6 is 15.9 Å². The van der Waals surface area contributed by atoms with Crippen LogP contribution in [0.4, 0.5) is 5.69 Å². The molecule has 4 rings (SSSR count). The minimum atomic E-state index is -3.84. The fourth-order valence-corrected chi connectivity index (χ4v) is 6.49. The van der Waals surface area contributed by atoms with Gasteiger partial charge in [0.1, 0.15) is 18.3 Å². The van der Waals surface area contributed by atoms with Crippen molar-refractivity contribution in [2.45, 2.75) is 64.1 Å². The van der Waals surface area contributed by atoms with Crippen molar-refractivity contribution < 1.29 is 22.7 Å². The maximum absolute atomic E-state index is 14.2. The Morgan fingerprint density at radius 1 is 0.930 bits per heavy atom. The Morgan fingerprint density at radius 3 is 2.19 bits per heavy atom. The number of benzene rings is 3. The van der Waals surface area contributed by atoms with Gasteiger partial charge in [0.05, 0.1) is 18.6 Å². The summed E-state index contributed by atoms with van der Waals surface area (Å²) < 4.78 is 33.5. The summed E-state index contributed by atoms with van der Waals surface area (Å²) in [4.78, 5) is 29.8. The molecule has 0 bridgehead atoms. The molecule has 0 aromatic heterocycles. The molecule has 43 heavy (non-hydrogen) atoms. The molecular formula is C33H40BrN3O5S. The Morgan fingerprint density at radius 2 is 1.58 bits per heavy atom. The maximum atomic E-state index is 14.2. The standard InChI is InChI=1S/C33H40BrN3O5S/c1-3-42-30-20-18-29(19-21-30)37(43(2,40)41)24-32(38)36(23-26-14-16-27(34)17-15-26)31(22-25-10-6-4-7-11-25)33(39)35-28-12-8-5-9-13-28/h4,6-7,10-11,14-21,28,31H,3,5,8-9,12-13,22-24H2,1-2H3,(H,35,39)/t31-/m0/s1. The van der Waals surface area contributed by atoms with Gasteiger partial charge in [0.25, 0.3) is 0 Å². The Bertz CT molecular complexity index is 1440. The molecule has 0 spiro atoms. The number of sulfonamides is 1. The second-order valence-corrected chi connectivity index (χ2v) is 13.7. The van der Waals surface area contributed by atoms with Crippen LogP contribution in [0.1, 0.15) is 50.2 Å². The fraction of sp³-hybridized carbons (Fsp3) is 0.394. The lowest BCUT2D eigenvalue weighted by Gasteiger charge is -2.35. The van der Waals surface area contributed by atoms with E-state index in [1.807, 2.05) is 61.5 Å². The van der Waals surface area contributed by atoms with Gasteiger partial charge in [0, 0.05) is 23.5 Å². The molecule has 230 valence electrons. The highest BCUT2D eigenvalue weighted by molar-refractivity contribution is 9.10. The van der Waals surface area contributed by atoms with Crippen LogP contribution in [0.2, 0.25) is 0 Å². The van der Waals surface area contributed by atoms with Crippen molar-refractivity contribution in [1.82, 2.24) is 10.2 Å². The molecule has 1 aliphatic rings. The summed E-state index contributed by atoms with van der Waals surface area (Å²) in [6.07, 6.45) is 6.45. The summed E-state index contributed by atoms with van der Waals surface area (Å²) in [6, 6.07) is 23.0. The topological polar surface area (TPSA) is 96.0 Å². The van der Waals surface area contributed by atoms with Crippen molar-refractivity contribution >= 4 is 43.5 Å². The Hall–Kier alpha value is -3.37. The van der Waals surface area contributed by atoms with Crippen LogP contribution in [-0.2, 0) is 32.6 Å². The van der Waals surface area contributed by atoms with E-state index in [4.69, 9.17) is 4.74 Å². The van der Waals surface area contributed by atoms with Crippen molar-refractivity contribution in [3.8, 4) is 5.75 Å². The van der Waals surface area contributed by atoms with Crippen LogP contribution in [0.3, 0.4) is 0 Å². The van der Waals surface area contributed by atoms with Crippen LogP contribution in [0.15, 0.2) is 83.3 Å². The van der Waals surface area contributed by atoms with Gasteiger partial charge in [-0.2, -0.15) is 0 Å². The predicted molar refractivity (Wildman–Crippen MR) is 173 cm³/mol. The van der Waals surface area contributed by atoms with E-state index in [-0.39, 0.29) is 18.5 Å². The average molecular weight is 671 g/mol. The van der Waals surface area contributed by atoms with Gasteiger partial charge in [-0.3, -0.25) is 13.9 Å². The molecule has 3 aromatic carbocycles. The van der Waals surface area contributed by atoms with Crippen molar-refractivity contribution in [3.63, 3.8) is 0 Å². The van der Waals surface area contributed by atoms with Crippen molar-refractivity contribution in [1.29, 1.82) is 0 Å². The van der Waals surface area contributed by atoms with E-state index < -0.39 is 28.5 Å². The van der Waals surface area contributed by atoms with Gasteiger partial charge in [0.15, 0.2) is 0 Å². The first-order valence-corrected chi connectivity index (χ1v) is 17.4. The first kappa shape index (κ1) is 32.5. The number of rotatable bonds is 13. The Labute approximate surface area is 263 Å². The zero-order chi connectivity index (χ0) is 30.8. The van der Waals surface area contributed by atoms with Crippen LogP contribution in [0, 0.1) is 0 Å². The molecule has 10 heteroatoms. The number of nitrogens with one attached hydrogen (secondary N) is 1. The number of hydrogen-bond acceptors (Lipinski definition) is 5. The minimum Gasteiger partial charge on any atom is -0.494 e. The molecule has 0 heterocycles. The third kappa shape index (κ3) is 9.56. The third-order valence-electron chi connectivity index (χ3n) is 7.60. The van der Waals surface area contributed by atoms with E-state index in [0.717, 1.165) is 58.3 Å². The zero-order valence-corrected chi connectivity index (χ0v) is 27.1. The van der Waals surface area contributed by atoms with Gasteiger partial charge in [-0.1, -0.05) is 77.7 Å². The lowest BCUT2D eigenvalue weighted by molar-refractivity contribution is -0.140. The molecular weight excluding hydrogens is 630 g/mol. The predicted octanol–water partition coefficient (Wildman–Crippen LogP) is 5.70. The number of anilines is 1. The van der Waals surface area contributed by atoms with Crippen molar-refractivity contribution in [2.24, 2.45) is 0 Å². The summed E-state index contributed by atoms with van der Waals surface area (Å²) in [5.41, 5.74) is 2.08. The normalized spacial score (nSPS) is 14.5. The SMILES string of the molecule is CCOc1ccc(N(CC(=O)N(Cc2ccc(Br)cc2)[C@@H](Cc2ccccc2)C(=O)NC2CCCCC2)S(C)(=O)=O)cc1. The van der Waals surface area contributed by atoms with Gasteiger partial charge < -0.3 is 15.0 Å². The molecule has 2 amide bonds. The Balaban J connectivity index is 1.70. The molecule has 0 radical (unpaired) electrons. The monoisotopic (exact) mass is 669 g/mol. The van der Waals surface area contributed by atoms with Gasteiger partial charge in [0.2, 0.25) is 21.8 Å². The summed E-state index contributed by atoms with van der Waals surface area (Å²) >= 11 is 3.46. The van der Waals surface area contributed by atoms with Crippen LogP contribution in [-0.4, -0.2) is 56.6 Å². The number of halogens is 1. The number of nitrogens with zero attached hydrogens (tertiary/aromatic N) is 2. The highest BCUT2D eigenvalue weighted by atomic mass is 79.9. The number of hydrogen-bond donors (Lipinski definition) is 1. The van der Waals surface area contributed by atoms with Gasteiger partial charge >= 0.3 is 0 Å². The average Bonchev–Trinajstić information content (AvgIpc) is 2.99. The molecule has 1 atom stereocenters. The minimum absolute atomic E-state index is 0.0560. The van der Waals surface area contributed by atoms with Crippen LogP contribution in [0.5, 0.6) is 5.75 Å². The quantitative estimate of drug-likeness (QED) is 0.252. The number of ether oxygens (including phenoxy) is 1. The largest absolute Gasteiger partial charge is 0.494 e. The molecule has 1 saturated carbocycles. The van der Waals surface area contributed by atoms with E-state index >= 15 is 0 Å². The van der Waals surface area contributed by atoms with E-state index in [0.29, 0.717) is 24.5 Å². The number of carbonyl (C=O) groups excluding carboxylic acids is 2. The second-order valence-electron chi connectivity index (χ2n) is 10.9. The van der Waals surface area contributed by atoms with Crippen LogP contribution < -0.4 is 14.4 Å². The van der Waals surface area contributed by atoms with Crippen molar-refractivity contribution in [2.75, 3.05) is 23.7 Å². The highest BCUT2D eigenvalue weighted by Gasteiger charge is 2.34. The molecule has 0 aliphatic heterocycles. The van der Waals surface area contributed by atoms with E-state index in [1.165, 1.54) is 4.90 Å². The number of amides is 2. The van der Waals surface area contributed by atoms with E-state index in [2.05, 4.69) is 21.2 Å². The molecule has 3 aromatic rings. The molecule has 0 unspecified atom stereocenters. The summed E-state index contributed by atoms with van der Waals surface area (Å²) in [5.74, 6) is -0.0969. The van der Waals surface area contributed by atoms with Gasteiger partial charge in [-0.25, -0.2) is 8.42 Å². The van der Waals surface area contributed by atoms with Crippen LogP contribution in [0.25, 0.3) is 0 Å².